The van der Waals surface area contributed by atoms with E-state index in [1.165, 1.54) is 31.2 Å². The van der Waals surface area contributed by atoms with Crippen molar-refractivity contribution in [1.82, 2.24) is 0 Å². The van der Waals surface area contributed by atoms with Gasteiger partial charge in [-0.1, -0.05) is 11.5 Å². The third-order valence-corrected chi connectivity index (χ3v) is 5.00. The van der Waals surface area contributed by atoms with Gasteiger partial charge in [0.2, 0.25) is 0 Å². The number of carbonyl (C=O) groups is 1. The van der Waals surface area contributed by atoms with Gasteiger partial charge < -0.3 is 9.52 Å². The normalized spacial score (nSPS) is 12.5. The minimum Gasteiger partial charge on any atom is -0.506 e. The summed E-state index contributed by atoms with van der Waals surface area (Å²) in [6, 6.07) is 5.87. The topological polar surface area (TPSA) is 50.4 Å². The lowest BCUT2D eigenvalue weighted by Gasteiger charge is -2.07. The third kappa shape index (κ3) is 3.17. The Kier molecular flexibility index (Phi) is 4.86. The van der Waals surface area contributed by atoms with Crippen LogP contribution in [0.1, 0.15) is 34.8 Å². The standard InChI is InChI=1S/C17H9B2Br2FO3/c1-6(22)17-14(8-4-9(18)10(19)5-13(8)25-17)15(23)7-2-11(20)16(24)12(21)3-7/h2-6,24H,1H3. The number of carbonyl (C=O) groups excluding carboxylic acids is 1. The number of hydrogen-bond donors (Lipinski definition) is 1. The number of furan rings is 1. The van der Waals surface area contributed by atoms with Crippen molar-refractivity contribution in [1.29, 1.82) is 0 Å². The van der Waals surface area contributed by atoms with E-state index in [4.69, 9.17) is 20.1 Å². The molecule has 0 aliphatic carbocycles. The predicted molar refractivity (Wildman–Crippen MR) is 103 cm³/mol. The van der Waals surface area contributed by atoms with E-state index in [-0.39, 0.29) is 39.1 Å². The Balaban J connectivity index is 2.28. The number of ketones is 1. The molecule has 3 rings (SSSR count). The first-order valence-corrected chi connectivity index (χ1v) is 8.77. The zero-order chi connectivity index (χ0) is 18.5. The quantitative estimate of drug-likeness (QED) is 0.480. The maximum Gasteiger partial charge on any atom is 0.197 e. The molecule has 0 aliphatic heterocycles. The number of fused-ring (bicyclic) bond motifs is 1. The fraction of sp³-hybridized carbons (Fsp3) is 0.118. The van der Waals surface area contributed by atoms with E-state index in [0.29, 0.717) is 14.3 Å². The summed E-state index contributed by atoms with van der Waals surface area (Å²) < 4.78 is 20.2. The number of hydrogen-bond acceptors (Lipinski definition) is 3. The van der Waals surface area contributed by atoms with Crippen molar-refractivity contribution in [3.05, 3.63) is 50.1 Å². The van der Waals surface area contributed by atoms with E-state index >= 15 is 0 Å². The van der Waals surface area contributed by atoms with Crippen molar-refractivity contribution in [2.45, 2.75) is 13.1 Å². The van der Waals surface area contributed by atoms with Gasteiger partial charge in [-0.25, -0.2) is 4.39 Å². The van der Waals surface area contributed by atoms with Crippen LogP contribution in [0.5, 0.6) is 5.75 Å². The molecule has 1 unspecified atom stereocenters. The minimum atomic E-state index is -1.50. The highest BCUT2D eigenvalue weighted by molar-refractivity contribution is 9.11. The van der Waals surface area contributed by atoms with Gasteiger partial charge in [-0.2, -0.15) is 0 Å². The monoisotopic (exact) mass is 460 g/mol. The lowest BCUT2D eigenvalue weighted by Crippen LogP contribution is -2.24. The molecule has 0 saturated carbocycles. The number of aromatic hydroxyl groups is 1. The molecule has 0 aliphatic rings. The maximum atomic E-state index is 14.1. The summed E-state index contributed by atoms with van der Waals surface area (Å²) in [4.78, 5) is 13.0. The van der Waals surface area contributed by atoms with Gasteiger partial charge in [0.25, 0.3) is 0 Å². The van der Waals surface area contributed by atoms with Crippen molar-refractivity contribution in [3.8, 4) is 5.75 Å². The highest BCUT2D eigenvalue weighted by Crippen LogP contribution is 2.37. The fourth-order valence-electron chi connectivity index (χ4n) is 2.55. The fourth-order valence-corrected chi connectivity index (χ4v) is 3.74. The van der Waals surface area contributed by atoms with Gasteiger partial charge in [0, 0.05) is 10.9 Å². The van der Waals surface area contributed by atoms with E-state index in [1.54, 1.807) is 0 Å². The first-order chi connectivity index (χ1) is 11.7. The Labute approximate surface area is 162 Å². The van der Waals surface area contributed by atoms with Crippen LogP contribution in [-0.4, -0.2) is 26.6 Å². The van der Waals surface area contributed by atoms with Crippen molar-refractivity contribution < 1.29 is 18.7 Å². The third-order valence-electron chi connectivity index (χ3n) is 3.79. The van der Waals surface area contributed by atoms with Crippen LogP contribution in [0.15, 0.2) is 37.6 Å². The van der Waals surface area contributed by atoms with Gasteiger partial charge in [0.05, 0.1) is 14.5 Å². The molecule has 0 fully saturated rings. The summed E-state index contributed by atoms with van der Waals surface area (Å²) in [6.45, 7) is 1.28. The molecule has 0 spiro atoms. The van der Waals surface area contributed by atoms with Crippen LogP contribution < -0.4 is 10.9 Å². The zero-order valence-corrected chi connectivity index (χ0v) is 16.1. The molecular weight excluding hydrogens is 453 g/mol. The molecule has 0 bridgehead atoms. The lowest BCUT2D eigenvalue weighted by molar-refractivity contribution is 0.103. The van der Waals surface area contributed by atoms with Gasteiger partial charge >= 0.3 is 0 Å². The first kappa shape index (κ1) is 18.3. The molecule has 3 aromatic rings. The molecule has 1 atom stereocenters. The minimum absolute atomic E-state index is 0.0373. The predicted octanol–water partition coefficient (Wildman–Crippen LogP) is 3.51. The zero-order valence-electron chi connectivity index (χ0n) is 12.9. The number of phenolic OH excluding ortho intramolecular Hbond substituents is 1. The number of rotatable bonds is 3. The highest BCUT2D eigenvalue weighted by Gasteiger charge is 2.26. The second-order valence-electron chi connectivity index (χ2n) is 5.55. The Morgan fingerprint density at radius 1 is 1.16 bits per heavy atom. The summed E-state index contributed by atoms with van der Waals surface area (Å²) in [6.07, 6.45) is -1.50. The number of phenols is 1. The Hall–Kier alpha value is -1.53. The van der Waals surface area contributed by atoms with Crippen LogP contribution in [-0.2, 0) is 0 Å². The summed E-state index contributed by atoms with van der Waals surface area (Å²) in [5, 5.41) is 10.2. The van der Waals surface area contributed by atoms with Gasteiger partial charge in [0.15, 0.2) is 12.0 Å². The molecule has 122 valence electrons. The smallest absolute Gasteiger partial charge is 0.197 e. The molecule has 2 aromatic carbocycles. The molecular formula is C17H9B2Br2FO3. The van der Waals surface area contributed by atoms with Crippen LogP contribution in [0.4, 0.5) is 4.39 Å². The van der Waals surface area contributed by atoms with Crippen LogP contribution in [0.25, 0.3) is 11.0 Å². The van der Waals surface area contributed by atoms with Crippen LogP contribution in [0.3, 0.4) is 0 Å². The van der Waals surface area contributed by atoms with Crippen molar-refractivity contribution >= 4 is 75.2 Å². The number of halogens is 3. The van der Waals surface area contributed by atoms with Gasteiger partial charge in [-0.3, -0.25) is 4.79 Å². The average Bonchev–Trinajstić information content (AvgIpc) is 2.90. The molecule has 4 radical (unpaired) electrons. The van der Waals surface area contributed by atoms with E-state index < -0.39 is 12.0 Å². The Morgan fingerprint density at radius 2 is 1.72 bits per heavy atom. The highest BCUT2D eigenvalue weighted by atomic mass is 79.9. The SMILES string of the molecule is [B]c1cc2oc(C(C)F)c(C(=O)c3cc(Br)c(O)c(Br)c3)c2cc1[B]. The second kappa shape index (κ2) is 6.65. The molecule has 0 amide bonds. The molecule has 25 heavy (non-hydrogen) atoms. The summed E-state index contributed by atoms with van der Waals surface area (Å²) >= 11 is 6.36. The molecule has 1 N–H and O–H groups in total. The number of benzene rings is 2. The van der Waals surface area contributed by atoms with E-state index in [2.05, 4.69) is 31.9 Å². The molecule has 1 heterocycles. The van der Waals surface area contributed by atoms with Crippen LogP contribution >= 0.6 is 31.9 Å². The molecule has 1 aromatic heterocycles. The van der Waals surface area contributed by atoms with Crippen LogP contribution in [0.2, 0.25) is 0 Å². The molecule has 0 saturated heterocycles. The summed E-state index contributed by atoms with van der Waals surface area (Å²) in [5.41, 5.74) is 1.17. The van der Waals surface area contributed by atoms with Crippen molar-refractivity contribution in [2.75, 3.05) is 0 Å². The average molecular weight is 462 g/mol. The molecule has 3 nitrogen and oxygen atoms in total. The van der Waals surface area contributed by atoms with Crippen LogP contribution in [0, 0.1) is 0 Å². The van der Waals surface area contributed by atoms with Gasteiger partial charge in [-0.05, 0) is 57.0 Å². The van der Waals surface area contributed by atoms with E-state index in [0.717, 1.165) is 0 Å². The largest absolute Gasteiger partial charge is 0.506 e. The second-order valence-corrected chi connectivity index (χ2v) is 7.26. The Bertz CT molecular complexity index is 992. The summed E-state index contributed by atoms with van der Waals surface area (Å²) in [5.74, 6) is -0.584. The van der Waals surface area contributed by atoms with E-state index in [1.807, 2.05) is 0 Å². The van der Waals surface area contributed by atoms with Crippen molar-refractivity contribution in [3.63, 3.8) is 0 Å². The van der Waals surface area contributed by atoms with E-state index in [9.17, 15) is 14.3 Å². The van der Waals surface area contributed by atoms with Crippen molar-refractivity contribution in [2.24, 2.45) is 0 Å². The van der Waals surface area contributed by atoms with Gasteiger partial charge in [-0.15, -0.1) is 5.46 Å². The lowest BCUT2D eigenvalue weighted by atomic mass is 9.79. The number of alkyl halides is 1. The van der Waals surface area contributed by atoms with Gasteiger partial charge in [0.1, 0.15) is 32.8 Å². The summed E-state index contributed by atoms with van der Waals surface area (Å²) in [7, 11) is 11.6. The first-order valence-electron chi connectivity index (χ1n) is 7.18. The molecule has 8 heteroatoms. The maximum absolute atomic E-state index is 14.1. The Morgan fingerprint density at radius 3 is 2.28 bits per heavy atom.